The molecule has 0 saturated heterocycles. The van der Waals surface area contributed by atoms with Crippen LogP contribution < -0.4 is 0 Å². The molecule has 3 heteroatoms. The monoisotopic (exact) mass is 578 g/mol. The third kappa shape index (κ3) is 3.90. The molecule has 0 aliphatic rings. The molecule has 0 aliphatic carbocycles. The maximum absolute atomic E-state index is 5.27. The summed E-state index contributed by atoms with van der Waals surface area (Å²) in [4.78, 5) is 5.27. The standard InChI is InChI=1S/C41H26N2S/c1-2-14-29(15-3-1)43-38-22-8-7-21-37(38)42-41(43)35-25-24-28(26-36(35)32-19-10-13-27-12-4-5-16-30(27)32)31-18-11-20-34-33-17-6-9-23-39(33)44-40(31)34/h1-26H. The van der Waals surface area contributed by atoms with Crippen LogP contribution in [0.4, 0.5) is 0 Å². The zero-order chi connectivity index (χ0) is 29.0. The lowest BCUT2D eigenvalue weighted by molar-refractivity contribution is 1.10. The van der Waals surface area contributed by atoms with Crippen LogP contribution in [0.25, 0.3) is 81.3 Å². The summed E-state index contributed by atoms with van der Waals surface area (Å²) in [5.74, 6) is 0.937. The Labute approximate surface area is 259 Å². The van der Waals surface area contributed by atoms with Crippen molar-refractivity contribution < 1.29 is 0 Å². The van der Waals surface area contributed by atoms with Gasteiger partial charge < -0.3 is 0 Å². The molecule has 9 aromatic rings. The molecular formula is C41H26N2S. The number of nitrogens with zero attached hydrogens (tertiary/aromatic N) is 2. The Hall–Kier alpha value is -5.51. The molecular weight excluding hydrogens is 553 g/mol. The maximum atomic E-state index is 5.27. The predicted molar refractivity (Wildman–Crippen MR) is 188 cm³/mol. The molecule has 2 aromatic heterocycles. The van der Waals surface area contributed by atoms with Crippen molar-refractivity contribution in [2.24, 2.45) is 0 Å². The number of imidazole rings is 1. The summed E-state index contributed by atoms with van der Waals surface area (Å²) in [6.07, 6.45) is 0. The number of hydrogen-bond donors (Lipinski definition) is 0. The van der Waals surface area contributed by atoms with E-state index >= 15 is 0 Å². The van der Waals surface area contributed by atoms with Gasteiger partial charge in [-0.25, -0.2) is 4.98 Å². The summed E-state index contributed by atoms with van der Waals surface area (Å²) in [5.41, 5.74) is 9.11. The molecule has 0 amide bonds. The fourth-order valence-corrected chi connectivity index (χ4v) is 7.85. The molecule has 0 unspecified atom stereocenters. The van der Waals surface area contributed by atoms with E-state index in [1.807, 2.05) is 11.3 Å². The van der Waals surface area contributed by atoms with Gasteiger partial charge >= 0.3 is 0 Å². The van der Waals surface area contributed by atoms with Gasteiger partial charge in [0.05, 0.1) is 11.0 Å². The van der Waals surface area contributed by atoms with E-state index in [-0.39, 0.29) is 0 Å². The zero-order valence-electron chi connectivity index (χ0n) is 23.8. The topological polar surface area (TPSA) is 17.8 Å². The average molecular weight is 579 g/mol. The lowest BCUT2D eigenvalue weighted by Crippen LogP contribution is -1.99. The van der Waals surface area contributed by atoms with E-state index in [1.54, 1.807) is 0 Å². The molecule has 9 rings (SSSR count). The van der Waals surface area contributed by atoms with E-state index in [0.29, 0.717) is 0 Å². The van der Waals surface area contributed by atoms with Crippen LogP contribution in [0.5, 0.6) is 0 Å². The van der Waals surface area contributed by atoms with Gasteiger partial charge in [-0.1, -0.05) is 115 Å². The van der Waals surface area contributed by atoms with Crippen molar-refractivity contribution in [2.75, 3.05) is 0 Å². The maximum Gasteiger partial charge on any atom is 0.146 e. The van der Waals surface area contributed by atoms with Crippen LogP contribution in [0.15, 0.2) is 158 Å². The Kier molecular flexibility index (Phi) is 5.71. The molecule has 7 aromatic carbocycles. The van der Waals surface area contributed by atoms with Crippen LogP contribution in [-0.2, 0) is 0 Å². The largest absolute Gasteiger partial charge is 0.292 e. The highest BCUT2D eigenvalue weighted by Gasteiger charge is 2.20. The number of para-hydroxylation sites is 3. The van der Waals surface area contributed by atoms with Crippen molar-refractivity contribution in [1.82, 2.24) is 9.55 Å². The fourth-order valence-electron chi connectivity index (χ4n) is 6.61. The van der Waals surface area contributed by atoms with Gasteiger partial charge in [-0.3, -0.25) is 4.57 Å². The van der Waals surface area contributed by atoms with Gasteiger partial charge in [-0.15, -0.1) is 11.3 Å². The highest BCUT2D eigenvalue weighted by Crippen LogP contribution is 2.44. The van der Waals surface area contributed by atoms with E-state index in [9.17, 15) is 0 Å². The van der Waals surface area contributed by atoms with Crippen molar-refractivity contribution in [3.63, 3.8) is 0 Å². The molecule has 44 heavy (non-hydrogen) atoms. The van der Waals surface area contributed by atoms with Crippen molar-refractivity contribution in [3.8, 4) is 39.3 Å². The fraction of sp³-hybridized carbons (Fsp3) is 0. The number of aromatic nitrogens is 2. The first kappa shape index (κ1) is 25.0. The van der Waals surface area contributed by atoms with Gasteiger partial charge in [-0.2, -0.15) is 0 Å². The highest BCUT2D eigenvalue weighted by atomic mass is 32.1. The predicted octanol–water partition coefficient (Wildman–Crippen LogP) is 11.5. The SMILES string of the molecule is c1ccc(-n2c(-c3ccc(-c4cccc5c4sc4ccccc45)cc3-c3cccc4ccccc34)nc3ccccc32)cc1. The molecule has 0 atom stereocenters. The van der Waals surface area contributed by atoms with E-state index < -0.39 is 0 Å². The van der Waals surface area contributed by atoms with E-state index in [0.717, 1.165) is 28.1 Å². The molecule has 2 nitrogen and oxygen atoms in total. The molecule has 0 aliphatic heterocycles. The van der Waals surface area contributed by atoms with E-state index in [1.165, 1.54) is 53.2 Å². The Morgan fingerprint density at radius 1 is 0.477 bits per heavy atom. The Morgan fingerprint density at radius 3 is 2.11 bits per heavy atom. The second-order valence-corrected chi connectivity index (χ2v) is 12.2. The van der Waals surface area contributed by atoms with Crippen LogP contribution in [0.3, 0.4) is 0 Å². The van der Waals surface area contributed by atoms with Gasteiger partial charge in [0.2, 0.25) is 0 Å². The molecule has 0 bridgehead atoms. The van der Waals surface area contributed by atoms with Crippen LogP contribution >= 0.6 is 11.3 Å². The third-order valence-corrected chi connectivity index (χ3v) is 9.85. The van der Waals surface area contributed by atoms with Gasteiger partial charge in [0.25, 0.3) is 0 Å². The summed E-state index contributed by atoms with van der Waals surface area (Å²) in [6.45, 7) is 0. The molecule has 0 saturated carbocycles. The van der Waals surface area contributed by atoms with Crippen LogP contribution in [-0.4, -0.2) is 9.55 Å². The smallest absolute Gasteiger partial charge is 0.146 e. The van der Waals surface area contributed by atoms with Crippen molar-refractivity contribution in [3.05, 3.63) is 158 Å². The van der Waals surface area contributed by atoms with E-state index in [4.69, 9.17) is 4.98 Å². The summed E-state index contributed by atoms with van der Waals surface area (Å²) < 4.78 is 4.94. The average Bonchev–Trinajstić information content (AvgIpc) is 3.67. The highest BCUT2D eigenvalue weighted by molar-refractivity contribution is 7.26. The molecule has 0 fully saturated rings. The van der Waals surface area contributed by atoms with Crippen molar-refractivity contribution >= 4 is 53.3 Å². The van der Waals surface area contributed by atoms with Gasteiger partial charge in [0.1, 0.15) is 5.82 Å². The number of hydrogen-bond acceptors (Lipinski definition) is 2. The number of thiophene rings is 1. The number of fused-ring (bicyclic) bond motifs is 5. The minimum atomic E-state index is 0.937. The quantitative estimate of drug-likeness (QED) is 0.203. The Morgan fingerprint density at radius 2 is 1.18 bits per heavy atom. The van der Waals surface area contributed by atoms with E-state index in [2.05, 4.69) is 162 Å². The first-order chi connectivity index (χ1) is 21.8. The molecule has 206 valence electrons. The van der Waals surface area contributed by atoms with Gasteiger partial charge in [0.15, 0.2) is 0 Å². The second kappa shape index (κ2) is 10.0. The van der Waals surface area contributed by atoms with Crippen LogP contribution in [0.2, 0.25) is 0 Å². The Bertz CT molecular complexity index is 2500. The lowest BCUT2D eigenvalue weighted by Gasteiger charge is -2.16. The number of benzene rings is 7. The third-order valence-electron chi connectivity index (χ3n) is 8.63. The van der Waals surface area contributed by atoms with Crippen molar-refractivity contribution in [1.29, 1.82) is 0 Å². The molecule has 2 heterocycles. The lowest BCUT2D eigenvalue weighted by atomic mass is 9.91. The molecule has 0 spiro atoms. The summed E-state index contributed by atoms with van der Waals surface area (Å²) in [7, 11) is 0. The summed E-state index contributed by atoms with van der Waals surface area (Å²) in [5, 5.41) is 5.09. The van der Waals surface area contributed by atoms with Crippen LogP contribution in [0, 0.1) is 0 Å². The molecule has 0 radical (unpaired) electrons. The summed E-state index contributed by atoms with van der Waals surface area (Å²) >= 11 is 1.87. The second-order valence-electron chi connectivity index (χ2n) is 11.2. The van der Waals surface area contributed by atoms with Crippen LogP contribution in [0.1, 0.15) is 0 Å². The zero-order valence-corrected chi connectivity index (χ0v) is 24.6. The van der Waals surface area contributed by atoms with Crippen molar-refractivity contribution in [2.45, 2.75) is 0 Å². The first-order valence-electron chi connectivity index (χ1n) is 14.9. The summed E-state index contributed by atoms with van der Waals surface area (Å²) in [6, 6.07) is 56.6. The minimum Gasteiger partial charge on any atom is -0.292 e. The van der Waals surface area contributed by atoms with Gasteiger partial charge in [-0.05, 0) is 75.5 Å². The number of rotatable bonds is 4. The molecule has 0 N–H and O–H groups in total. The van der Waals surface area contributed by atoms with Gasteiger partial charge in [0, 0.05) is 31.4 Å². The first-order valence-corrected chi connectivity index (χ1v) is 15.7. The normalized spacial score (nSPS) is 11.6. The minimum absolute atomic E-state index is 0.937. The Balaban J connectivity index is 1.36.